The van der Waals surface area contributed by atoms with Crippen LogP contribution < -0.4 is 0 Å². The molecule has 0 saturated carbocycles. The normalized spacial score (nSPS) is 21.4. The molecule has 0 heterocycles. The van der Waals surface area contributed by atoms with Crippen molar-refractivity contribution in [2.45, 2.75) is 10.3 Å². The highest BCUT2D eigenvalue weighted by atomic mass is 127. The summed E-state index contributed by atoms with van der Waals surface area (Å²) in [6.07, 6.45) is 5.67. The highest BCUT2D eigenvalue weighted by Gasteiger charge is 2.08. The van der Waals surface area contributed by atoms with Crippen molar-refractivity contribution in [3.63, 3.8) is 0 Å². The Morgan fingerprint density at radius 2 is 2.09 bits per heavy atom. The first-order chi connectivity index (χ1) is 5.36. The van der Waals surface area contributed by atoms with E-state index in [-0.39, 0.29) is 0 Å². The molecule has 1 heteroatoms. The summed E-state index contributed by atoms with van der Waals surface area (Å²) >= 11 is 2.47. The number of halogens is 1. The Bertz CT molecular complexity index is 289. The van der Waals surface area contributed by atoms with E-state index in [0.717, 1.165) is 0 Å². The SMILES string of the molecule is IC1C=Cc2ccccc2C1. The van der Waals surface area contributed by atoms with Crippen LogP contribution in [0.25, 0.3) is 6.08 Å². The summed E-state index contributed by atoms with van der Waals surface area (Å²) in [5, 5.41) is 0. The lowest BCUT2D eigenvalue weighted by Crippen LogP contribution is -2.04. The fourth-order valence-electron chi connectivity index (χ4n) is 1.37. The molecule has 0 nitrogen and oxygen atoms in total. The van der Waals surface area contributed by atoms with E-state index in [1.54, 1.807) is 0 Å². The van der Waals surface area contributed by atoms with Gasteiger partial charge in [-0.3, -0.25) is 0 Å². The Kier molecular flexibility index (Phi) is 1.98. The van der Waals surface area contributed by atoms with Crippen LogP contribution in [0.3, 0.4) is 0 Å². The fraction of sp³-hybridized carbons (Fsp3) is 0.200. The van der Waals surface area contributed by atoms with Crippen molar-refractivity contribution in [2.24, 2.45) is 0 Å². The molecular weight excluding hydrogens is 247 g/mol. The monoisotopic (exact) mass is 256 g/mol. The summed E-state index contributed by atoms with van der Waals surface area (Å²) in [6, 6.07) is 8.59. The van der Waals surface area contributed by atoms with E-state index in [4.69, 9.17) is 0 Å². The van der Waals surface area contributed by atoms with Crippen molar-refractivity contribution in [1.29, 1.82) is 0 Å². The second-order valence-corrected chi connectivity index (χ2v) is 4.38. The largest absolute Gasteiger partial charge is 0.0777 e. The molecule has 0 spiro atoms. The fourth-order valence-corrected chi connectivity index (χ4v) is 2.05. The van der Waals surface area contributed by atoms with Gasteiger partial charge in [0, 0.05) is 3.92 Å². The Morgan fingerprint density at radius 1 is 1.27 bits per heavy atom. The predicted molar refractivity (Wildman–Crippen MR) is 57.0 cm³/mol. The minimum Gasteiger partial charge on any atom is -0.0777 e. The predicted octanol–water partition coefficient (Wildman–Crippen LogP) is 3.06. The third-order valence-corrected chi connectivity index (χ3v) is 2.81. The maximum Gasteiger partial charge on any atom is 0.0333 e. The second kappa shape index (κ2) is 2.97. The lowest BCUT2D eigenvalue weighted by atomic mass is 9.98. The van der Waals surface area contributed by atoms with Crippen molar-refractivity contribution >= 4 is 28.7 Å². The molecular formula is C10H9I. The summed E-state index contributed by atoms with van der Waals surface area (Å²) in [6.45, 7) is 0. The zero-order valence-corrected chi connectivity index (χ0v) is 8.28. The number of allylic oxidation sites excluding steroid dienone is 1. The van der Waals surface area contributed by atoms with Crippen molar-refractivity contribution < 1.29 is 0 Å². The molecule has 0 amide bonds. The van der Waals surface area contributed by atoms with Gasteiger partial charge in [-0.15, -0.1) is 0 Å². The van der Waals surface area contributed by atoms with Crippen LogP contribution in [-0.4, -0.2) is 3.92 Å². The Balaban J connectivity index is 2.46. The number of benzene rings is 1. The third-order valence-electron chi connectivity index (χ3n) is 1.95. The van der Waals surface area contributed by atoms with Gasteiger partial charge in [-0.1, -0.05) is 59.0 Å². The van der Waals surface area contributed by atoms with Gasteiger partial charge >= 0.3 is 0 Å². The Labute approximate surface area is 80.5 Å². The topological polar surface area (TPSA) is 0 Å². The average Bonchev–Trinajstić information content (AvgIpc) is 2.04. The second-order valence-electron chi connectivity index (χ2n) is 2.78. The minimum absolute atomic E-state index is 0.683. The lowest BCUT2D eigenvalue weighted by Gasteiger charge is -2.13. The molecule has 0 N–H and O–H groups in total. The number of hydrogen-bond donors (Lipinski definition) is 0. The van der Waals surface area contributed by atoms with E-state index < -0.39 is 0 Å². The Morgan fingerprint density at radius 3 is 3.00 bits per heavy atom. The van der Waals surface area contributed by atoms with Gasteiger partial charge in [0.15, 0.2) is 0 Å². The molecule has 1 aliphatic rings. The molecule has 0 bridgehead atoms. The summed E-state index contributed by atoms with van der Waals surface area (Å²) in [5.41, 5.74) is 2.87. The van der Waals surface area contributed by atoms with Crippen LogP contribution in [0, 0.1) is 0 Å². The average molecular weight is 256 g/mol. The van der Waals surface area contributed by atoms with Crippen molar-refractivity contribution in [2.75, 3.05) is 0 Å². The quantitative estimate of drug-likeness (QED) is 0.494. The van der Waals surface area contributed by atoms with Crippen molar-refractivity contribution in [3.05, 3.63) is 41.5 Å². The van der Waals surface area contributed by atoms with Gasteiger partial charge in [0.1, 0.15) is 0 Å². The summed E-state index contributed by atoms with van der Waals surface area (Å²) in [7, 11) is 0. The summed E-state index contributed by atoms with van der Waals surface area (Å²) < 4.78 is 0.683. The molecule has 1 aromatic carbocycles. The first-order valence-electron chi connectivity index (χ1n) is 3.76. The van der Waals surface area contributed by atoms with E-state index in [1.165, 1.54) is 17.5 Å². The van der Waals surface area contributed by atoms with E-state index in [2.05, 4.69) is 59.0 Å². The lowest BCUT2D eigenvalue weighted by molar-refractivity contribution is 1.03. The van der Waals surface area contributed by atoms with Crippen molar-refractivity contribution in [1.82, 2.24) is 0 Å². The van der Waals surface area contributed by atoms with Gasteiger partial charge < -0.3 is 0 Å². The first-order valence-corrected chi connectivity index (χ1v) is 5.01. The van der Waals surface area contributed by atoms with Gasteiger partial charge in [0.2, 0.25) is 0 Å². The first kappa shape index (κ1) is 7.35. The van der Waals surface area contributed by atoms with Crippen LogP contribution in [0.15, 0.2) is 30.3 Å². The maximum absolute atomic E-state index is 2.47. The molecule has 1 unspecified atom stereocenters. The molecule has 1 aromatic rings. The number of alkyl halides is 1. The van der Waals surface area contributed by atoms with Crippen LogP contribution >= 0.6 is 22.6 Å². The molecule has 1 aliphatic carbocycles. The molecule has 2 rings (SSSR count). The molecule has 0 aromatic heterocycles. The number of fused-ring (bicyclic) bond motifs is 1. The maximum atomic E-state index is 2.47. The highest BCUT2D eigenvalue weighted by molar-refractivity contribution is 14.1. The Hall–Kier alpha value is -0.310. The van der Waals surface area contributed by atoms with Gasteiger partial charge in [-0.25, -0.2) is 0 Å². The zero-order valence-electron chi connectivity index (χ0n) is 6.13. The smallest absolute Gasteiger partial charge is 0.0333 e. The van der Waals surface area contributed by atoms with Crippen LogP contribution in [-0.2, 0) is 6.42 Å². The molecule has 56 valence electrons. The molecule has 1 atom stereocenters. The minimum atomic E-state index is 0.683. The van der Waals surface area contributed by atoms with Crippen LogP contribution in [0.1, 0.15) is 11.1 Å². The van der Waals surface area contributed by atoms with Gasteiger partial charge in [-0.05, 0) is 17.5 Å². The summed E-state index contributed by atoms with van der Waals surface area (Å²) in [5.74, 6) is 0. The molecule has 11 heavy (non-hydrogen) atoms. The molecule has 0 saturated heterocycles. The van der Waals surface area contributed by atoms with Crippen molar-refractivity contribution in [3.8, 4) is 0 Å². The zero-order chi connectivity index (χ0) is 7.68. The van der Waals surface area contributed by atoms with Gasteiger partial charge in [0.05, 0.1) is 0 Å². The molecule has 0 radical (unpaired) electrons. The van der Waals surface area contributed by atoms with Gasteiger partial charge in [0.25, 0.3) is 0 Å². The van der Waals surface area contributed by atoms with Crippen LogP contribution in [0.5, 0.6) is 0 Å². The van der Waals surface area contributed by atoms with Crippen LogP contribution in [0.4, 0.5) is 0 Å². The van der Waals surface area contributed by atoms with E-state index in [9.17, 15) is 0 Å². The standard InChI is InChI=1S/C10H9I/c11-10-6-5-8-3-1-2-4-9(8)7-10/h1-6,10H,7H2. The van der Waals surface area contributed by atoms with E-state index >= 15 is 0 Å². The molecule has 0 fully saturated rings. The van der Waals surface area contributed by atoms with E-state index in [0.29, 0.717) is 3.92 Å². The summed E-state index contributed by atoms with van der Waals surface area (Å²) in [4.78, 5) is 0. The third kappa shape index (κ3) is 1.48. The van der Waals surface area contributed by atoms with Crippen LogP contribution in [0.2, 0.25) is 0 Å². The van der Waals surface area contributed by atoms with Gasteiger partial charge in [-0.2, -0.15) is 0 Å². The number of hydrogen-bond acceptors (Lipinski definition) is 0. The number of rotatable bonds is 0. The van der Waals surface area contributed by atoms with E-state index in [1.807, 2.05) is 0 Å². The highest BCUT2D eigenvalue weighted by Crippen LogP contribution is 2.22. The molecule has 0 aliphatic heterocycles.